The lowest BCUT2D eigenvalue weighted by molar-refractivity contribution is 0.365. The van der Waals surface area contributed by atoms with E-state index in [4.69, 9.17) is 9.72 Å². The van der Waals surface area contributed by atoms with E-state index in [-0.39, 0.29) is 12.8 Å². The van der Waals surface area contributed by atoms with Crippen LogP contribution in [0.25, 0.3) is 33.3 Å². The number of aromatic nitrogens is 5. The Bertz CT molecular complexity index is 1300. The molecule has 3 aromatic heterocycles. The maximum Gasteiger partial charge on any atom is 0.301 e. The molecule has 0 N–H and O–H groups in total. The van der Waals surface area contributed by atoms with Crippen molar-refractivity contribution in [1.82, 2.24) is 25.0 Å². The SMILES string of the molecule is COc1cc2ccc(-c3nc(C)ccc3-c3cnn(CCCC(F)=C(F)F)c3)cc2nn1. The summed E-state index contributed by atoms with van der Waals surface area (Å²) in [6.07, 6.45) is 1.12. The van der Waals surface area contributed by atoms with Crippen LogP contribution in [0.3, 0.4) is 0 Å². The lowest BCUT2D eigenvalue weighted by atomic mass is 10.00. The van der Waals surface area contributed by atoms with E-state index < -0.39 is 11.9 Å². The molecule has 9 heteroatoms. The molecule has 0 unspecified atom stereocenters. The van der Waals surface area contributed by atoms with Crippen molar-refractivity contribution < 1.29 is 17.9 Å². The average molecular weight is 439 g/mol. The molecule has 3 heterocycles. The van der Waals surface area contributed by atoms with Crippen molar-refractivity contribution in [3.63, 3.8) is 0 Å². The number of hydrogen-bond donors (Lipinski definition) is 0. The average Bonchev–Trinajstić information content (AvgIpc) is 3.26. The molecule has 4 rings (SSSR count). The zero-order valence-electron chi connectivity index (χ0n) is 17.5. The van der Waals surface area contributed by atoms with Crippen molar-refractivity contribution >= 4 is 10.9 Å². The third kappa shape index (κ3) is 4.61. The second-order valence-electron chi connectivity index (χ2n) is 7.27. The van der Waals surface area contributed by atoms with Crippen LogP contribution in [0.1, 0.15) is 18.5 Å². The molecule has 0 amide bonds. The van der Waals surface area contributed by atoms with Gasteiger partial charge in [-0.05, 0) is 25.5 Å². The Balaban J connectivity index is 1.64. The van der Waals surface area contributed by atoms with E-state index in [0.717, 1.165) is 33.5 Å². The quantitative estimate of drug-likeness (QED) is 0.368. The van der Waals surface area contributed by atoms with Gasteiger partial charge in [-0.15, -0.1) is 10.2 Å². The molecule has 0 bridgehead atoms. The highest BCUT2D eigenvalue weighted by atomic mass is 19.3. The van der Waals surface area contributed by atoms with Crippen LogP contribution in [0, 0.1) is 6.92 Å². The van der Waals surface area contributed by atoms with Gasteiger partial charge in [0.1, 0.15) is 0 Å². The maximum atomic E-state index is 13.0. The van der Waals surface area contributed by atoms with Gasteiger partial charge in [0.05, 0.1) is 24.5 Å². The van der Waals surface area contributed by atoms with Crippen molar-refractivity contribution in [3.05, 3.63) is 66.4 Å². The molecule has 0 radical (unpaired) electrons. The molecule has 4 aromatic rings. The standard InChI is InChI=1S/C23H20F3N5O/c1-14-5-8-18(17-12-27-31(13-17)9-3-4-19(24)23(25)26)22(28-14)16-7-6-15-11-21(32-2)30-29-20(15)10-16/h5-8,10-13H,3-4,9H2,1-2H3. The summed E-state index contributed by atoms with van der Waals surface area (Å²) in [5.74, 6) is -0.934. The van der Waals surface area contributed by atoms with E-state index in [0.29, 0.717) is 17.9 Å². The predicted molar refractivity (Wildman–Crippen MR) is 115 cm³/mol. The van der Waals surface area contributed by atoms with E-state index in [2.05, 4.69) is 15.3 Å². The van der Waals surface area contributed by atoms with Crippen LogP contribution in [0.4, 0.5) is 13.2 Å². The monoisotopic (exact) mass is 439 g/mol. The van der Waals surface area contributed by atoms with Crippen molar-refractivity contribution in [2.45, 2.75) is 26.3 Å². The van der Waals surface area contributed by atoms with Crippen LogP contribution in [0.2, 0.25) is 0 Å². The van der Waals surface area contributed by atoms with E-state index in [1.54, 1.807) is 24.2 Å². The number of halogens is 3. The highest BCUT2D eigenvalue weighted by Gasteiger charge is 2.13. The van der Waals surface area contributed by atoms with Crippen LogP contribution in [0.15, 0.2) is 60.7 Å². The molecule has 0 saturated heterocycles. The highest BCUT2D eigenvalue weighted by molar-refractivity contribution is 5.88. The van der Waals surface area contributed by atoms with Crippen LogP contribution >= 0.6 is 0 Å². The first-order valence-corrected chi connectivity index (χ1v) is 9.96. The van der Waals surface area contributed by atoms with Gasteiger partial charge in [-0.2, -0.15) is 13.9 Å². The molecular weight excluding hydrogens is 419 g/mol. The predicted octanol–water partition coefficient (Wildman–Crippen LogP) is 5.73. The Morgan fingerprint density at radius 3 is 2.66 bits per heavy atom. The van der Waals surface area contributed by atoms with Crippen molar-refractivity contribution in [3.8, 4) is 28.3 Å². The summed E-state index contributed by atoms with van der Waals surface area (Å²) in [6.45, 7) is 2.23. The number of methoxy groups -OCH3 is 1. The zero-order chi connectivity index (χ0) is 22.7. The lowest BCUT2D eigenvalue weighted by Crippen LogP contribution is -1.98. The largest absolute Gasteiger partial charge is 0.480 e. The first kappa shape index (κ1) is 21.5. The van der Waals surface area contributed by atoms with Gasteiger partial charge in [0, 0.05) is 53.0 Å². The number of allylic oxidation sites excluding steroid dienone is 1. The van der Waals surface area contributed by atoms with Crippen molar-refractivity contribution in [2.24, 2.45) is 0 Å². The molecule has 6 nitrogen and oxygen atoms in total. The topological polar surface area (TPSA) is 65.7 Å². The van der Waals surface area contributed by atoms with Gasteiger partial charge in [-0.3, -0.25) is 9.67 Å². The third-order valence-electron chi connectivity index (χ3n) is 5.02. The normalized spacial score (nSPS) is 11.0. The second-order valence-corrected chi connectivity index (χ2v) is 7.27. The molecule has 0 aliphatic carbocycles. The molecule has 164 valence electrons. The fraction of sp³-hybridized carbons (Fsp3) is 0.217. The molecule has 0 spiro atoms. The Morgan fingerprint density at radius 2 is 1.88 bits per heavy atom. The van der Waals surface area contributed by atoms with Crippen LogP contribution in [0.5, 0.6) is 5.88 Å². The van der Waals surface area contributed by atoms with Crippen molar-refractivity contribution in [2.75, 3.05) is 7.11 Å². The molecule has 0 saturated carbocycles. The third-order valence-corrected chi connectivity index (χ3v) is 5.02. The number of benzene rings is 1. The Morgan fingerprint density at radius 1 is 1.03 bits per heavy atom. The first-order valence-electron chi connectivity index (χ1n) is 9.96. The summed E-state index contributed by atoms with van der Waals surface area (Å²) in [5, 5.41) is 13.4. The van der Waals surface area contributed by atoms with Crippen LogP contribution < -0.4 is 4.74 Å². The number of nitrogens with zero attached hydrogens (tertiary/aromatic N) is 5. The Kier molecular flexibility index (Phi) is 6.16. The first-order chi connectivity index (χ1) is 15.4. The van der Waals surface area contributed by atoms with Gasteiger partial charge >= 0.3 is 6.08 Å². The Labute approximate surface area is 182 Å². The fourth-order valence-electron chi connectivity index (χ4n) is 3.39. The Hall–Kier alpha value is -3.75. The smallest absolute Gasteiger partial charge is 0.301 e. The fourth-order valence-corrected chi connectivity index (χ4v) is 3.39. The van der Waals surface area contributed by atoms with Gasteiger partial charge in [-0.25, -0.2) is 4.39 Å². The summed E-state index contributed by atoms with van der Waals surface area (Å²) in [6, 6.07) is 11.5. The summed E-state index contributed by atoms with van der Waals surface area (Å²) < 4.78 is 44.2. The number of fused-ring (bicyclic) bond motifs is 1. The van der Waals surface area contributed by atoms with Gasteiger partial charge in [0.2, 0.25) is 5.88 Å². The molecule has 0 aliphatic heterocycles. The summed E-state index contributed by atoms with van der Waals surface area (Å²) in [4.78, 5) is 4.73. The minimum absolute atomic E-state index is 0.218. The lowest BCUT2D eigenvalue weighted by Gasteiger charge is -2.10. The molecule has 0 atom stereocenters. The number of aryl methyl sites for hydroxylation is 2. The molecule has 0 aliphatic rings. The van der Waals surface area contributed by atoms with Crippen LogP contribution in [-0.2, 0) is 6.54 Å². The zero-order valence-corrected chi connectivity index (χ0v) is 17.5. The van der Waals surface area contributed by atoms with Gasteiger partial charge < -0.3 is 4.74 Å². The van der Waals surface area contributed by atoms with Gasteiger partial charge in [0.15, 0.2) is 5.83 Å². The maximum absolute atomic E-state index is 13.0. The number of hydrogen-bond acceptors (Lipinski definition) is 5. The molecule has 1 aromatic carbocycles. The molecular formula is C23H20F3N5O. The molecule has 32 heavy (non-hydrogen) atoms. The number of pyridine rings is 1. The highest BCUT2D eigenvalue weighted by Crippen LogP contribution is 2.32. The van der Waals surface area contributed by atoms with E-state index in [1.807, 2.05) is 43.3 Å². The van der Waals surface area contributed by atoms with E-state index in [9.17, 15) is 13.2 Å². The van der Waals surface area contributed by atoms with Crippen LogP contribution in [-0.4, -0.2) is 32.1 Å². The minimum Gasteiger partial charge on any atom is -0.480 e. The minimum atomic E-state index is -2.26. The van der Waals surface area contributed by atoms with E-state index in [1.165, 1.54) is 0 Å². The second kappa shape index (κ2) is 9.17. The summed E-state index contributed by atoms with van der Waals surface area (Å²) in [7, 11) is 1.54. The summed E-state index contributed by atoms with van der Waals surface area (Å²) in [5.41, 5.74) is 4.88. The number of rotatable bonds is 7. The summed E-state index contributed by atoms with van der Waals surface area (Å²) >= 11 is 0. The number of ether oxygens (including phenoxy) is 1. The van der Waals surface area contributed by atoms with E-state index >= 15 is 0 Å². The van der Waals surface area contributed by atoms with Gasteiger partial charge in [0.25, 0.3) is 0 Å². The molecule has 0 fully saturated rings. The van der Waals surface area contributed by atoms with Crippen molar-refractivity contribution in [1.29, 1.82) is 0 Å². The van der Waals surface area contributed by atoms with Gasteiger partial charge in [-0.1, -0.05) is 18.2 Å².